The van der Waals surface area contributed by atoms with Gasteiger partial charge >= 0.3 is 12.1 Å². The molecule has 0 radical (unpaired) electrons. The molecule has 0 aromatic heterocycles. The molecule has 138 valence electrons. The van der Waals surface area contributed by atoms with E-state index in [0.717, 1.165) is 24.3 Å². The summed E-state index contributed by atoms with van der Waals surface area (Å²) in [5.74, 6) is -0.714. The Hall–Kier alpha value is -2.29. The van der Waals surface area contributed by atoms with Gasteiger partial charge in [0.2, 0.25) is 0 Å². The molecule has 0 spiro atoms. The van der Waals surface area contributed by atoms with Crippen molar-refractivity contribution in [3.05, 3.63) is 29.8 Å². The summed E-state index contributed by atoms with van der Waals surface area (Å²) in [6, 6.07) is 3.82. The summed E-state index contributed by atoms with van der Waals surface area (Å²) in [6.45, 7) is -0.159. The molecule has 0 saturated carbocycles. The van der Waals surface area contributed by atoms with E-state index in [2.05, 4.69) is 10.1 Å². The van der Waals surface area contributed by atoms with Crippen LogP contribution in [0.15, 0.2) is 24.3 Å². The van der Waals surface area contributed by atoms with Gasteiger partial charge in [0.25, 0.3) is 5.91 Å². The Morgan fingerprint density at radius 3 is 2.44 bits per heavy atom. The van der Waals surface area contributed by atoms with Gasteiger partial charge in [-0.1, -0.05) is 0 Å². The fraction of sp³-hybridized carbons (Fsp3) is 0.500. The summed E-state index contributed by atoms with van der Waals surface area (Å²) >= 11 is 0. The van der Waals surface area contributed by atoms with Crippen LogP contribution in [0, 0.1) is 0 Å². The first-order valence-electron chi connectivity index (χ1n) is 7.58. The van der Waals surface area contributed by atoms with E-state index in [1.54, 1.807) is 0 Å². The van der Waals surface area contributed by atoms with Crippen molar-refractivity contribution in [2.45, 2.75) is 31.2 Å². The molecule has 1 N–H and O–H groups in total. The molecule has 1 aromatic carbocycles. The molecule has 2 atom stereocenters. The molecule has 1 aliphatic heterocycles. The summed E-state index contributed by atoms with van der Waals surface area (Å²) in [6.07, 6.45) is -4.07. The van der Waals surface area contributed by atoms with Crippen LogP contribution in [0.2, 0.25) is 0 Å². The van der Waals surface area contributed by atoms with Crippen molar-refractivity contribution < 1.29 is 37.0 Å². The van der Waals surface area contributed by atoms with Crippen LogP contribution >= 0.6 is 0 Å². The van der Waals surface area contributed by atoms with E-state index in [1.165, 1.54) is 7.11 Å². The summed E-state index contributed by atoms with van der Waals surface area (Å²) in [5.41, 5.74) is -0.788. The van der Waals surface area contributed by atoms with E-state index in [0.29, 0.717) is 12.8 Å². The molecule has 1 heterocycles. The van der Waals surface area contributed by atoms with Crippen LogP contribution < -0.4 is 10.1 Å². The van der Waals surface area contributed by atoms with Crippen LogP contribution in [0.4, 0.5) is 13.2 Å². The lowest BCUT2D eigenvalue weighted by molar-refractivity contribution is -0.158. The standard InChI is InChI=1S/C16H18F3NO5/c1-23-15(22)13-7-4-11(8-25-13)20-14(21)9-24-12-5-2-10(3-6-12)16(17,18)19/h2-3,5-6,11,13H,4,7-9H2,1H3,(H,20,21)/t11-,13+/m1/s1. The van der Waals surface area contributed by atoms with Gasteiger partial charge < -0.3 is 19.5 Å². The van der Waals surface area contributed by atoms with Gasteiger partial charge in [-0.05, 0) is 37.1 Å². The third-order valence-corrected chi connectivity index (χ3v) is 3.66. The highest BCUT2D eigenvalue weighted by molar-refractivity contribution is 5.78. The smallest absolute Gasteiger partial charge is 0.416 e. The molecule has 1 aliphatic rings. The average Bonchev–Trinajstić information content (AvgIpc) is 2.59. The second-order valence-electron chi connectivity index (χ2n) is 5.50. The topological polar surface area (TPSA) is 73.9 Å². The monoisotopic (exact) mass is 361 g/mol. The number of hydrogen-bond acceptors (Lipinski definition) is 5. The van der Waals surface area contributed by atoms with E-state index >= 15 is 0 Å². The van der Waals surface area contributed by atoms with Gasteiger partial charge in [-0.25, -0.2) is 4.79 Å². The first-order chi connectivity index (χ1) is 11.8. The van der Waals surface area contributed by atoms with E-state index in [-0.39, 0.29) is 25.0 Å². The maximum atomic E-state index is 12.4. The van der Waals surface area contributed by atoms with E-state index in [4.69, 9.17) is 9.47 Å². The van der Waals surface area contributed by atoms with Gasteiger partial charge in [0.1, 0.15) is 5.75 Å². The maximum Gasteiger partial charge on any atom is 0.416 e. The molecule has 1 saturated heterocycles. The number of ether oxygens (including phenoxy) is 3. The van der Waals surface area contributed by atoms with Gasteiger partial charge in [-0.15, -0.1) is 0 Å². The Labute approximate surface area is 142 Å². The zero-order valence-electron chi connectivity index (χ0n) is 13.5. The van der Waals surface area contributed by atoms with Crippen LogP contribution in [0.1, 0.15) is 18.4 Å². The largest absolute Gasteiger partial charge is 0.484 e. The molecule has 25 heavy (non-hydrogen) atoms. The van der Waals surface area contributed by atoms with Crippen LogP contribution in [0.5, 0.6) is 5.75 Å². The van der Waals surface area contributed by atoms with Crippen LogP contribution in [0.3, 0.4) is 0 Å². The number of carbonyl (C=O) groups is 2. The van der Waals surface area contributed by atoms with Gasteiger partial charge in [-0.3, -0.25) is 4.79 Å². The lowest BCUT2D eigenvalue weighted by Gasteiger charge is -2.28. The Morgan fingerprint density at radius 2 is 1.92 bits per heavy atom. The number of nitrogens with one attached hydrogen (secondary N) is 1. The number of halogens is 3. The number of carbonyl (C=O) groups excluding carboxylic acids is 2. The van der Waals surface area contributed by atoms with Gasteiger partial charge in [0.15, 0.2) is 12.7 Å². The first-order valence-corrected chi connectivity index (χ1v) is 7.58. The van der Waals surface area contributed by atoms with Crippen molar-refractivity contribution in [1.82, 2.24) is 5.32 Å². The zero-order valence-corrected chi connectivity index (χ0v) is 13.5. The summed E-state index contributed by atoms with van der Waals surface area (Å²) in [4.78, 5) is 23.1. The summed E-state index contributed by atoms with van der Waals surface area (Å²) in [5, 5.41) is 2.68. The molecule has 0 aliphatic carbocycles. The predicted octanol–water partition coefficient (Wildman–Crippen LogP) is 1.92. The quantitative estimate of drug-likeness (QED) is 0.811. The minimum atomic E-state index is -4.42. The maximum absolute atomic E-state index is 12.4. The molecule has 9 heteroatoms. The van der Waals surface area contributed by atoms with E-state index < -0.39 is 29.7 Å². The zero-order chi connectivity index (χ0) is 18.4. The molecule has 2 rings (SSSR count). The number of methoxy groups -OCH3 is 1. The second-order valence-corrected chi connectivity index (χ2v) is 5.50. The van der Waals surface area contributed by atoms with E-state index in [1.807, 2.05) is 0 Å². The lowest BCUT2D eigenvalue weighted by atomic mass is 10.1. The Kier molecular flexibility index (Phi) is 6.24. The molecule has 1 aromatic rings. The number of esters is 1. The summed E-state index contributed by atoms with van der Waals surface area (Å²) in [7, 11) is 1.28. The van der Waals surface area contributed by atoms with Crippen LogP contribution in [-0.2, 0) is 25.2 Å². The number of hydrogen-bond donors (Lipinski definition) is 1. The van der Waals surface area contributed by atoms with Crippen molar-refractivity contribution in [2.75, 3.05) is 20.3 Å². The minimum absolute atomic E-state index is 0.161. The number of rotatable bonds is 5. The average molecular weight is 361 g/mol. The first kappa shape index (κ1) is 19.0. The number of benzene rings is 1. The fourth-order valence-electron chi connectivity index (χ4n) is 2.34. The molecular formula is C16H18F3NO5. The third-order valence-electron chi connectivity index (χ3n) is 3.66. The highest BCUT2D eigenvalue weighted by Gasteiger charge is 2.30. The molecular weight excluding hydrogens is 343 g/mol. The SMILES string of the molecule is COC(=O)[C@@H]1CC[C@@H](NC(=O)COc2ccc(C(F)(F)F)cc2)CO1. The van der Waals surface area contributed by atoms with Gasteiger partial charge in [0, 0.05) is 0 Å². The number of alkyl halides is 3. The fourth-order valence-corrected chi connectivity index (χ4v) is 2.34. The second kappa shape index (κ2) is 8.19. The third kappa shape index (κ3) is 5.63. The number of amides is 1. The Morgan fingerprint density at radius 1 is 1.24 bits per heavy atom. The molecule has 1 amide bonds. The highest BCUT2D eigenvalue weighted by atomic mass is 19.4. The molecule has 0 bridgehead atoms. The minimum Gasteiger partial charge on any atom is -0.484 e. The highest BCUT2D eigenvalue weighted by Crippen LogP contribution is 2.30. The lowest BCUT2D eigenvalue weighted by Crippen LogP contribution is -2.46. The van der Waals surface area contributed by atoms with Crippen LogP contribution in [0.25, 0.3) is 0 Å². The van der Waals surface area contributed by atoms with Gasteiger partial charge in [-0.2, -0.15) is 13.2 Å². The van der Waals surface area contributed by atoms with Crippen molar-refractivity contribution in [3.8, 4) is 5.75 Å². The molecule has 6 nitrogen and oxygen atoms in total. The Bertz CT molecular complexity index is 595. The predicted molar refractivity (Wildman–Crippen MR) is 79.9 cm³/mol. The molecule has 0 unspecified atom stereocenters. The van der Waals surface area contributed by atoms with Crippen molar-refractivity contribution in [3.63, 3.8) is 0 Å². The molecule has 1 fully saturated rings. The van der Waals surface area contributed by atoms with Crippen LogP contribution in [-0.4, -0.2) is 44.3 Å². The van der Waals surface area contributed by atoms with Crippen molar-refractivity contribution in [1.29, 1.82) is 0 Å². The normalized spacial score (nSPS) is 20.6. The Balaban J connectivity index is 1.73. The van der Waals surface area contributed by atoms with Crippen molar-refractivity contribution in [2.24, 2.45) is 0 Å². The van der Waals surface area contributed by atoms with Gasteiger partial charge in [0.05, 0.1) is 25.3 Å². The summed E-state index contributed by atoms with van der Waals surface area (Å²) < 4.78 is 52.4. The van der Waals surface area contributed by atoms with Crippen molar-refractivity contribution >= 4 is 11.9 Å². The van der Waals surface area contributed by atoms with E-state index in [9.17, 15) is 22.8 Å².